The highest BCUT2D eigenvalue weighted by molar-refractivity contribution is 7.89. The second kappa shape index (κ2) is 6.73. The summed E-state index contributed by atoms with van der Waals surface area (Å²) in [5.74, 6) is -0.220. The molecule has 0 aromatic heterocycles. The van der Waals surface area contributed by atoms with Crippen molar-refractivity contribution in [1.29, 1.82) is 0 Å². The van der Waals surface area contributed by atoms with Gasteiger partial charge in [0.1, 0.15) is 12.4 Å². The van der Waals surface area contributed by atoms with E-state index in [1.165, 1.54) is 10.4 Å². The molecule has 0 unspecified atom stereocenters. The van der Waals surface area contributed by atoms with Crippen molar-refractivity contribution in [3.8, 4) is 5.75 Å². The number of rotatable bonds is 6. The Hall–Kier alpha value is -1.86. The lowest BCUT2D eigenvalue weighted by atomic mass is 10.2. The molecule has 2 rings (SSSR count). The summed E-state index contributed by atoms with van der Waals surface area (Å²) in [6.45, 7) is 1.15. The van der Waals surface area contributed by atoms with Crippen molar-refractivity contribution in [1.82, 2.24) is 4.31 Å². The molecule has 0 amide bonds. The molecule has 0 atom stereocenters. The Morgan fingerprint density at radius 2 is 2.24 bits per heavy atom. The summed E-state index contributed by atoms with van der Waals surface area (Å²) in [4.78, 5) is 10.5. The lowest BCUT2D eigenvalue weighted by Gasteiger charge is -2.14. The van der Waals surface area contributed by atoms with Crippen LogP contribution < -0.4 is 4.74 Å². The maximum absolute atomic E-state index is 11.6. The molecule has 0 aliphatic carbocycles. The van der Waals surface area contributed by atoms with Crippen LogP contribution in [-0.2, 0) is 14.8 Å². The van der Waals surface area contributed by atoms with E-state index in [1.54, 1.807) is 24.3 Å². The largest absolute Gasteiger partial charge is 0.492 e. The van der Waals surface area contributed by atoms with Gasteiger partial charge in [-0.05, 0) is 30.2 Å². The van der Waals surface area contributed by atoms with Crippen molar-refractivity contribution in [2.45, 2.75) is 6.42 Å². The first-order chi connectivity index (χ1) is 9.97. The summed E-state index contributed by atoms with van der Waals surface area (Å²) in [6, 6.07) is 6.97. The molecule has 0 bridgehead atoms. The first kappa shape index (κ1) is 15.5. The third-order valence-electron chi connectivity index (χ3n) is 3.09. The summed E-state index contributed by atoms with van der Waals surface area (Å²) in [7, 11) is -3.09. The lowest BCUT2D eigenvalue weighted by Crippen LogP contribution is -2.30. The van der Waals surface area contributed by atoms with Crippen LogP contribution in [0.3, 0.4) is 0 Å². The molecule has 1 saturated heterocycles. The Morgan fingerprint density at radius 3 is 2.90 bits per heavy atom. The maximum Gasteiger partial charge on any atom is 0.328 e. The van der Waals surface area contributed by atoms with Gasteiger partial charge in [0.2, 0.25) is 10.0 Å². The third kappa shape index (κ3) is 4.57. The molecule has 0 saturated carbocycles. The molecule has 1 fully saturated rings. The van der Waals surface area contributed by atoms with Crippen molar-refractivity contribution < 1.29 is 23.1 Å². The first-order valence-electron chi connectivity index (χ1n) is 6.59. The molecule has 1 aliphatic heterocycles. The number of carboxylic acid groups (broad SMARTS) is 1. The van der Waals surface area contributed by atoms with Crippen LogP contribution in [0.4, 0.5) is 0 Å². The van der Waals surface area contributed by atoms with Gasteiger partial charge in [-0.3, -0.25) is 0 Å². The highest BCUT2D eigenvalue weighted by Crippen LogP contribution is 2.16. The van der Waals surface area contributed by atoms with Crippen LogP contribution in [0.2, 0.25) is 0 Å². The fourth-order valence-electron chi connectivity index (χ4n) is 2.08. The number of nitrogens with zero attached hydrogens (tertiary/aromatic N) is 1. The van der Waals surface area contributed by atoms with Gasteiger partial charge in [0.25, 0.3) is 0 Å². The number of sulfonamides is 1. The van der Waals surface area contributed by atoms with Crippen LogP contribution in [0, 0.1) is 0 Å². The zero-order valence-electron chi connectivity index (χ0n) is 11.4. The third-order valence-corrected chi connectivity index (χ3v) is 5.05. The van der Waals surface area contributed by atoms with Crippen molar-refractivity contribution in [2.75, 3.05) is 25.4 Å². The Morgan fingerprint density at radius 1 is 1.43 bits per heavy atom. The summed E-state index contributed by atoms with van der Waals surface area (Å²) in [5.41, 5.74) is 0.712. The second-order valence-electron chi connectivity index (χ2n) is 4.66. The Kier molecular flexibility index (Phi) is 4.98. The number of benzene rings is 1. The van der Waals surface area contributed by atoms with Crippen LogP contribution in [0.1, 0.15) is 12.0 Å². The van der Waals surface area contributed by atoms with Gasteiger partial charge in [-0.15, -0.1) is 0 Å². The van der Waals surface area contributed by atoms with Gasteiger partial charge < -0.3 is 9.84 Å². The number of ether oxygens (including phenoxy) is 1. The molecule has 1 aromatic rings. The molecule has 1 N–H and O–H groups in total. The fraction of sp³-hybridized carbons (Fsp3) is 0.357. The average molecular weight is 311 g/mol. The van der Waals surface area contributed by atoms with Gasteiger partial charge >= 0.3 is 5.97 Å². The monoisotopic (exact) mass is 311 g/mol. The average Bonchev–Trinajstić information content (AvgIpc) is 2.76. The summed E-state index contributed by atoms with van der Waals surface area (Å²) >= 11 is 0. The minimum atomic E-state index is -3.09. The number of hydrogen-bond acceptors (Lipinski definition) is 4. The summed E-state index contributed by atoms with van der Waals surface area (Å²) in [5, 5.41) is 8.58. The van der Waals surface area contributed by atoms with Crippen LogP contribution in [0.5, 0.6) is 5.75 Å². The van der Waals surface area contributed by atoms with E-state index in [0.717, 1.165) is 6.08 Å². The molecule has 0 radical (unpaired) electrons. The Labute approximate surface area is 123 Å². The van der Waals surface area contributed by atoms with E-state index < -0.39 is 16.0 Å². The molecule has 21 heavy (non-hydrogen) atoms. The first-order valence-corrected chi connectivity index (χ1v) is 8.20. The Bertz CT molecular complexity index is 639. The fourth-order valence-corrected chi connectivity index (χ4v) is 3.60. The standard InChI is InChI=1S/C14H17NO5S/c16-14(17)6-5-12-3-1-4-13(11-12)20-9-8-15-7-2-10-21(15,18)19/h1,3-6,11H,2,7-10H2,(H,16,17). The summed E-state index contributed by atoms with van der Waals surface area (Å²) in [6.07, 6.45) is 3.19. The molecular formula is C14H17NO5S. The van der Waals surface area contributed by atoms with E-state index in [2.05, 4.69) is 0 Å². The molecule has 1 aromatic carbocycles. The summed E-state index contributed by atoms with van der Waals surface area (Å²) < 4.78 is 30.2. The quantitative estimate of drug-likeness (QED) is 0.798. The zero-order valence-corrected chi connectivity index (χ0v) is 12.3. The van der Waals surface area contributed by atoms with E-state index in [4.69, 9.17) is 9.84 Å². The molecule has 1 heterocycles. The van der Waals surface area contributed by atoms with Crippen LogP contribution in [0.15, 0.2) is 30.3 Å². The van der Waals surface area contributed by atoms with Crippen molar-refractivity contribution in [3.63, 3.8) is 0 Å². The topological polar surface area (TPSA) is 83.9 Å². The number of carbonyl (C=O) groups is 1. The van der Waals surface area contributed by atoms with Crippen LogP contribution in [0.25, 0.3) is 6.08 Å². The van der Waals surface area contributed by atoms with Gasteiger partial charge in [-0.1, -0.05) is 12.1 Å². The zero-order chi connectivity index (χ0) is 15.3. The van der Waals surface area contributed by atoms with E-state index >= 15 is 0 Å². The predicted molar refractivity (Wildman–Crippen MR) is 78.6 cm³/mol. The van der Waals surface area contributed by atoms with Crippen molar-refractivity contribution >= 4 is 22.1 Å². The van der Waals surface area contributed by atoms with Gasteiger partial charge in [0, 0.05) is 19.2 Å². The van der Waals surface area contributed by atoms with E-state index in [0.29, 0.717) is 30.8 Å². The van der Waals surface area contributed by atoms with Gasteiger partial charge in [0.05, 0.1) is 5.75 Å². The molecule has 1 aliphatic rings. The Balaban J connectivity index is 1.89. The van der Waals surface area contributed by atoms with Crippen LogP contribution in [-0.4, -0.2) is 49.2 Å². The lowest BCUT2D eigenvalue weighted by molar-refractivity contribution is -0.131. The molecule has 0 spiro atoms. The van der Waals surface area contributed by atoms with E-state index in [1.807, 2.05) is 0 Å². The smallest absolute Gasteiger partial charge is 0.328 e. The number of hydrogen-bond donors (Lipinski definition) is 1. The predicted octanol–water partition coefficient (Wildman–Crippen LogP) is 1.20. The molecular weight excluding hydrogens is 294 g/mol. The van der Waals surface area contributed by atoms with Gasteiger partial charge in [-0.25, -0.2) is 13.2 Å². The minimum Gasteiger partial charge on any atom is -0.492 e. The highest BCUT2D eigenvalue weighted by atomic mass is 32.2. The highest BCUT2D eigenvalue weighted by Gasteiger charge is 2.27. The maximum atomic E-state index is 11.6. The molecule has 6 nitrogen and oxygen atoms in total. The molecule has 7 heteroatoms. The van der Waals surface area contributed by atoms with Crippen molar-refractivity contribution in [2.24, 2.45) is 0 Å². The number of carboxylic acids is 1. The van der Waals surface area contributed by atoms with Crippen molar-refractivity contribution in [3.05, 3.63) is 35.9 Å². The SMILES string of the molecule is O=C(O)C=Cc1cccc(OCCN2CCCS2(=O)=O)c1. The molecule has 114 valence electrons. The second-order valence-corrected chi connectivity index (χ2v) is 6.75. The van der Waals surface area contributed by atoms with E-state index in [9.17, 15) is 13.2 Å². The minimum absolute atomic E-state index is 0.211. The van der Waals surface area contributed by atoms with E-state index in [-0.39, 0.29) is 12.4 Å². The van der Waals surface area contributed by atoms with Gasteiger partial charge in [-0.2, -0.15) is 4.31 Å². The van der Waals surface area contributed by atoms with Gasteiger partial charge in [0.15, 0.2) is 0 Å². The van der Waals surface area contributed by atoms with Crippen LogP contribution >= 0.6 is 0 Å². The number of aliphatic carboxylic acids is 1. The normalized spacial score (nSPS) is 18.1.